The molecule has 26 heavy (non-hydrogen) atoms. The molecule has 1 aliphatic heterocycles. The van der Waals surface area contributed by atoms with E-state index in [4.69, 9.17) is 0 Å². The number of nitrogens with zero attached hydrogens (tertiary/aromatic N) is 3. The number of hydrogen-bond donors (Lipinski definition) is 1. The number of piperidine rings is 1. The van der Waals surface area contributed by atoms with Gasteiger partial charge in [0.05, 0.1) is 5.56 Å². The molecule has 2 fully saturated rings. The quantitative estimate of drug-likeness (QED) is 0.915. The SMILES string of the molecule is CC(C)N1CCC(N(C(=O)c2cn(C)c(=O)c3[nH]ccc23)C2CC2)CC1. The van der Waals surface area contributed by atoms with Crippen molar-refractivity contribution in [2.24, 2.45) is 7.05 Å². The summed E-state index contributed by atoms with van der Waals surface area (Å²) >= 11 is 0. The van der Waals surface area contributed by atoms with Gasteiger partial charge in [0.15, 0.2) is 0 Å². The van der Waals surface area contributed by atoms with Crippen molar-refractivity contribution in [1.82, 2.24) is 19.4 Å². The Balaban J connectivity index is 1.64. The van der Waals surface area contributed by atoms with E-state index in [-0.39, 0.29) is 11.5 Å². The third-order valence-electron chi connectivity index (χ3n) is 5.92. The first kappa shape index (κ1) is 17.3. The van der Waals surface area contributed by atoms with Gasteiger partial charge in [0.1, 0.15) is 5.52 Å². The van der Waals surface area contributed by atoms with Crippen LogP contribution < -0.4 is 5.56 Å². The minimum absolute atomic E-state index is 0.0793. The van der Waals surface area contributed by atoms with Crippen LogP contribution >= 0.6 is 0 Å². The number of H-pyrrole nitrogens is 1. The van der Waals surface area contributed by atoms with Crippen molar-refractivity contribution in [2.75, 3.05) is 13.1 Å². The van der Waals surface area contributed by atoms with Gasteiger partial charge < -0.3 is 19.4 Å². The van der Waals surface area contributed by atoms with Crippen LogP contribution in [-0.4, -0.2) is 56.5 Å². The number of fused-ring (bicyclic) bond motifs is 1. The summed E-state index contributed by atoms with van der Waals surface area (Å²) in [6, 6.07) is 3.07. The third kappa shape index (κ3) is 2.96. The summed E-state index contributed by atoms with van der Waals surface area (Å²) in [7, 11) is 1.71. The minimum Gasteiger partial charge on any atom is -0.357 e. The second kappa shape index (κ2) is 6.58. The molecule has 6 nitrogen and oxygen atoms in total. The number of aromatic nitrogens is 2. The molecule has 1 saturated carbocycles. The zero-order valence-electron chi connectivity index (χ0n) is 15.9. The highest BCUT2D eigenvalue weighted by atomic mass is 16.2. The molecule has 2 aromatic rings. The van der Waals surface area contributed by atoms with Gasteiger partial charge in [-0.15, -0.1) is 0 Å². The van der Waals surface area contributed by atoms with Crippen LogP contribution in [0, 0.1) is 0 Å². The van der Waals surface area contributed by atoms with Gasteiger partial charge >= 0.3 is 0 Å². The molecule has 2 aliphatic rings. The summed E-state index contributed by atoms with van der Waals surface area (Å²) in [6.07, 6.45) is 7.70. The van der Waals surface area contributed by atoms with Gasteiger partial charge in [-0.1, -0.05) is 0 Å². The van der Waals surface area contributed by atoms with Crippen LogP contribution in [0.25, 0.3) is 10.9 Å². The molecular weight excluding hydrogens is 328 g/mol. The number of likely N-dealkylation sites (tertiary alicyclic amines) is 1. The fourth-order valence-electron chi connectivity index (χ4n) is 4.24. The van der Waals surface area contributed by atoms with Gasteiger partial charge in [0.2, 0.25) is 0 Å². The van der Waals surface area contributed by atoms with Crippen molar-refractivity contribution in [3.63, 3.8) is 0 Å². The maximum atomic E-state index is 13.5. The molecular formula is C20H28N4O2. The maximum absolute atomic E-state index is 13.5. The lowest BCUT2D eigenvalue weighted by Gasteiger charge is -2.40. The Bertz CT molecular complexity index is 870. The lowest BCUT2D eigenvalue weighted by atomic mass is 10.00. The Morgan fingerprint density at radius 2 is 1.85 bits per heavy atom. The number of aryl methyl sites for hydroxylation is 1. The van der Waals surface area contributed by atoms with E-state index in [2.05, 4.69) is 28.6 Å². The first-order valence-electron chi connectivity index (χ1n) is 9.70. The number of rotatable bonds is 4. The fourth-order valence-corrected chi connectivity index (χ4v) is 4.24. The summed E-state index contributed by atoms with van der Waals surface area (Å²) in [5, 5.41) is 0.739. The molecule has 4 rings (SSSR count). The summed E-state index contributed by atoms with van der Waals surface area (Å²) in [4.78, 5) is 33.4. The molecule has 1 amide bonds. The molecule has 1 N–H and O–H groups in total. The largest absolute Gasteiger partial charge is 0.357 e. The van der Waals surface area contributed by atoms with Crippen LogP contribution in [0.15, 0.2) is 23.3 Å². The molecule has 6 heteroatoms. The maximum Gasteiger partial charge on any atom is 0.274 e. The number of hydrogen-bond acceptors (Lipinski definition) is 3. The van der Waals surface area contributed by atoms with Crippen molar-refractivity contribution in [1.29, 1.82) is 0 Å². The van der Waals surface area contributed by atoms with Gasteiger partial charge in [-0.05, 0) is 45.6 Å². The number of aromatic amines is 1. The van der Waals surface area contributed by atoms with E-state index < -0.39 is 0 Å². The highest BCUT2D eigenvalue weighted by Crippen LogP contribution is 2.34. The number of nitrogens with one attached hydrogen (secondary N) is 1. The molecule has 3 heterocycles. The predicted molar refractivity (Wildman–Crippen MR) is 102 cm³/mol. The molecule has 0 spiro atoms. The van der Waals surface area contributed by atoms with E-state index in [1.165, 1.54) is 4.57 Å². The summed E-state index contributed by atoms with van der Waals surface area (Å²) in [6.45, 7) is 6.56. The fraction of sp³-hybridized carbons (Fsp3) is 0.600. The molecule has 140 valence electrons. The van der Waals surface area contributed by atoms with E-state index in [9.17, 15) is 9.59 Å². The highest BCUT2D eigenvalue weighted by molar-refractivity contribution is 6.06. The van der Waals surface area contributed by atoms with Gasteiger partial charge in [-0.3, -0.25) is 9.59 Å². The zero-order valence-corrected chi connectivity index (χ0v) is 15.9. The highest BCUT2D eigenvalue weighted by Gasteiger charge is 2.39. The summed E-state index contributed by atoms with van der Waals surface area (Å²) in [5.74, 6) is 0.0793. The van der Waals surface area contributed by atoms with Crippen LogP contribution in [0.3, 0.4) is 0 Å². The third-order valence-corrected chi connectivity index (χ3v) is 5.92. The molecule has 0 atom stereocenters. The van der Waals surface area contributed by atoms with Crippen molar-refractivity contribution >= 4 is 16.8 Å². The first-order valence-corrected chi connectivity index (χ1v) is 9.70. The Kier molecular flexibility index (Phi) is 4.39. The summed E-state index contributed by atoms with van der Waals surface area (Å²) in [5.41, 5.74) is 1.06. The minimum atomic E-state index is -0.0928. The predicted octanol–water partition coefficient (Wildman–Crippen LogP) is 2.34. The Morgan fingerprint density at radius 1 is 1.19 bits per heavy atom. The van der Waals surface area contributed by atoms with Crippen LogP contribution in [0.4, 0.5) is 0 Å². The Labute approximate surface area is 153 Å². The van der Waals surface area contributed by atoms with Crippen LogP contribution in [0.2, 0.25) is 0 Å². The van der Waals surface area contributed by atoms with E-state index >= 15 is 0 Å². The van der Waals surface area contributed by atoms with Gasteiger partial charge in [-0.25, -0.2) is 0 Å². The van der Waals surface area contributed by atoms with E-state index in [1.807, 2.05) is 6.07 Å². The number of amides is 1. The monoisotopic (exact) mass is 356 g/mol. The van der Waals surface area contributed by atoms with E-state index in [0.717, 1.165) is 44.2 Å². The Hall–Kier alpha value is -2.08. The average molecular weight is 356 g/mol. The molecule has 1 aliphatic carbocycles. The number of pyridine rings is 1. The normalized spacial score (nSPS) is 19.4. The lowest BCUT2D eigenvalue weighted by molar-refractivity contribution is 0.0520. The molecule has 0 bridgehead atoms. The molecule has 2 aromatic heterocycles. The van der Waals surface area contributed by atoms with Crippen molar-refractivity contribution in [3.8, 4) is 0 Å². The van der Waals surface area contributed by atoms with Crippen molar-refractivity contribution < 1.29 is 4.79 Å². The first-order chi connectivity index (χ1) is 12.5. The van der Waals surface area contributed by atoms with Crippen LogP contribution in [0.1, 0.15) is 49.9 Å². The Morgan fingerprint density at radius 3 is 2.46 bits per heavy atom. The second-order valence-corrected chi connectivity index (χ2v) is 8.03. The van der Waals surface area contributed by atoms with Crippen LogP contribution in [0.5, 0.6) is 0 Å². The summed E-state index contributed by atoms with van der Waals surface area (Å²) < 4.78 is 1.51. The topological polar surface area (TPSA) is 61.3 Å². The zero-order chi connectivity index (χ0) is 18.4. The molecule has 1 saturated heterocycles. The molecule has 0 radical (unpaired) electrons. The van der Waals surface area contributed by atoms with Crippen molar-refractivity contribution in [3.05, 3.63) is 34.4 Å². The number of carbonyl (C=O) groups is 1. The van der Waals surface area contributed by atoms with Gasteiger partial charge in [0, 0.05) is 56.0 Å². The molecule has 0 aromatic carbocycles. The van der Waals surface area contributed by atoms with Crippen LogP contribution in [-0.2, 0) is 7.05 Å². The van der Waals surface area contributed by atoms with Gasteiger partial charge in [0.25, 0.3) is 11.5 Å². The van der Waals surface area contributed by atoms with E-state index in [0.29, 0.717) is 29.2 Å². The van der Waals surface area contributed by atoms with Crippen molar-refractivity contribution in [2.45, 2.75) is 57.7 Å². The van der Waals surface area contributed by atoms with Gasteiger partial charge in [-0.2, -0.15) is 0 Å². The second-order valence-electron chi connectivity index (χ2n) is 8.03. The number of carbonyl (C=O) groups excluding carboxylic acids is 1. The average Bonchev–Trinajstić information content (AvgIpc) is 3.33. The standard InChI is InChI=1S/C20H28N4O2/c1-13(2)23-10-7-15(8-11-23)24(14-4-5-14)19(25)17-12-22(3)20(26)18-16(17)6-9-21-18/h6,9,12-15,21H,4-5,7-8,10-11H2,1-3H3. The smallest absolute Gasteiger partial charge is 0.274 e. The lowest BCUT2D eigenvalue weighted by Crippen LogP contribution is -2.49. The van der Waals surface area contributed by atoms with E-state index in [1.54, 1.807) is 19.4 Å². The molecule has 0 unspecified atom stereocenters.